The number of rotatable bonds is 3. The number of carbonyl (C=O) groups excluding carboxylic acids is 2. The first-order chi connectivity index (χ1) is 6.09. The van der Waals surface area contributed by atoms with E-state index in [0.29, 0.717) is 4.88 Å². The number of hydrogen-bond donors (Lipinski definition) is 3. The molecule has 1 rings (SSSR count). The maximum absolute atomic E-state index is 11.2. The van der Waals surface area contributed by atoms with Crippen LogP contribution in [0.4, 0.5) is 0 Å². The third-order valence-electron chi connectivity index (χ3n) is 1.23. The molecule has 0 saturated carbocycles. The minimum Gasteiger partial charge on any atom is -0.368 e. The summed E-state index contributed by atoms with van der Waals surface area (Å²) in [4.78, 5) is 22.8. The summed E-state index contributed by atoms with van der Waals surface area (Å²) in [6.07, 6.45) is 0. The summed E-state index contributed by atoms with van der Waals surface area (Å²) in [5, 5.41) is 4.11. The molecule has 1 aromatic rings. The summed E-state index contributed by atoms with van der Waals surface area (Å²) in [6, 6.07) is 1.63. The standard InChI is InChI=1S/C7H8N2O2S2/c8-6(10)2-9-7(11)5-1-4(12)3-13-5/h1,3,12H,2H2,(H2,8,10)(H,9,11). The molecule has 0 aliphatic rings. The summed E-state index contributed by atoms with van der Waals surface area (Å²) in [7, 11) is 0. The van der Waals surface area contributed by atoms with Crippen LogP contribution in [0.2, 0.25) is 0 Å². The van der Waals surface area contributed by atoms with Crippen LogP contribution in [0.15, 0.2) is 16.3 Å². The highest BCUT2D eigenvalue weighted by Crippen LogP contribution is 2.16. The number of nitrogens with one attached hydrogen (secondary N) is 1. The second kappa shape index (κ2) is 4.29. The SMILES string of the molecule is NC(=O)CNC(=O)c1cc(S)cs1. The van der Waals surface area contributed by atoms with E-state index in [0.717, 1.165) is 4.90 Å². The molecule has 0 bridgehead atoms. The van der Waals surface area contributed by atoms with Gasteiger partial charge in [0.2, 0.25) is 5.91 Å². The lowest BCUT2D eigenvalue weighted by Crippen LogP contribution is -2.32. The second-order valence-corrected chi connectivity index (χ2v) is 3.75. The first-order valence-corrected chi connectivity index (χ1v) is 4.76. The van der Waals surface area contributed by atoms with Crippen LogP contribution in [0.1, 0.15) is 9.67 Å². The Hall–Kier alpha value is -1.01. The highest BCUT2D eigenvalue weighted by Gasteiger charge is 2.07. The van der Waals surface area contributed by atoms with Crippen molar-refractivity contribution in [2.75, 3.05) is 6.54 Å². The van der Waals surface area contributed by atoms with E-state index in [-0.39, 0.29) is 12.5 Å². The van der Waals surface area contributed by atoms with Gasteiger partial charge in [0, 0.05) is 10.3 Å². The van der Waals surface area contributed by atoms with Crippen LogP contribution in [0.5, 0.6) is 0 Å². The van der Waals surface area contributed by atoms with Gasteiger partial charge in [-0.05, 0) is 6.07 Å². The molecule has 0 aromatic carbocycles. The van der Waals surface area contributed by atoms with Crippen molar-refractivity contribution < 1.29 is 9.59 Å². The smallest absolute Gasteiger partial charge is 0.261 e. The lowest BCUT2D eigenvalue weighted by Gasteiger charge is -1.98. The van der Waals surface area contributed by atoms with Crippen LogP contribution in [0, 0.1) is 0 Å². The minimum absolute atomic E-state index is 0.140. The van der Waals surface area contributed by atoms with Gasteiger partial charge < -0.3 is 11.1 Å². The number of thiophene rings is 1. The van der Waals surface area contributed by atoms with Crippen molar-refractivity contribution in [1.29, 1.82) is 0 Å². The van der Waals surface area contributed by atoms with Crippen molar-refractivity contribution in [3.8, 4) is 0 Å². The van der Waals surface area contributed by atoms with E-state index >= 15 is 0 Å². The van der Waals surface area contributed by atoms with E-state index in [1.54, 1.807) is 11.4 Å². The number of primary amides is 1. The normalized spacial score (nSPS) is 9.62. The molecule has 1 heterocycles. The van der Waals surface area contributed by atoms with E-state index in [2.05, 4.69) is 17.9 Å². The van der Waals surface area contributed by atoms with Gasteiger partial charge in [-0.2, -0.15) is 0 Å². The maximum atomic E-state index is 11.2. The van der Waals surface area contributed by atoms with Crippen LogP contribution in [0.3, 0.4) is 0 Å². The number of nitrogens with two attached hydrogens (primary N) is 1. The zero-order valence-electron chi connectivity index (χ0n) is 6.61. The molecule has 6 heteroatoms. The van der Waals surface area contributed by atoms with Crippen LogP contribution in [-0.4, -0.2) is 18.4 Å². The van der Waals surface area contributed by atoms with Crippen molar-refractivity contribution in [1.82, 2.24) is 5.32 Å². The fourth-order valence-corrected chi connectivity index (χ4v) is 1.76. The lowest BCUT2D eigenvalue weighted by molar-refractivity contribution is -0.117. The molecule has 0 unspecified atom stereocenters. The summed E-state index contributed by atoms with van der Waals surface area (Å²) in [5.41, 5.74) is 4.86. The number of amides is 2. The molecule has 70 valence electrons. The Morgan fingerprint density at radius 2 is 2.31 bits per heavy atom. The predicted octanol–water partition coefficient (Wildman–Crippen LogP) is 0.252. The predicted molar refractivity (Wildman–Crippen MR) is 53.1 cm³/mol. The summed E-state index contributed by atoms with van der Waals surface area (Å²) in [6.45, 7) is -0.140. The molecule has 0 saturated heterocycles. The van der Waals surface area contributed by atoms with Crippen LogP contribution >= 0.6 is 24.0 Å². The molecule has 0 spiro atoms. The van der Waals surface area contributed by atoms with Gasteiger partial charge in [-0.25, -0.2) is 0 Å². The Kier molecular flexibility index (Phi) is 3.32. The van der Waals surface area contributed by atoms with E-state index in [4.69, 9.17) is 5.73 Å². The fourth-order valence-electron chi connectivity index (χ4n) is 0.700. The Labute approximate surface area is 84.5 Å². The summed E-state index contributed by atoms with van der Waals surface area (Å²) >= 11 is 5.32. The average molecular weight is 216 g/mol. The molecule has 0 aliphatic heterocycles. The van der Waals surface area contributed by atoms with Crippen molar-refractivity contribution in [3.05, 3.63) is 16.3 Å². The molecular formula is C7H8N2O2S2. The van der Waals surface area contributed by atoms with Gasteiger partial charge >= 0.3 is 0 Å². The molecule has 0 atom stereocenters. The Morgan fingerprint density at radius 1 is 1.62 bits per heavy atom. The van der Waals surface area contributed by atoms with Crippen LogP contribution < -0.4 is 11.1 Å². The van der Waals surface area contributed by atoms with Gasteiger partial charge in [0.25, 0.3) is 5.91 Å². The molecule has 3 N–H and O–H groups in total. The molecule has 0 fully saturated rings. The van der Waals surface area contributed by atoms with Crippen molar-refractivity contribution in [2.45, 2.75) is 4.90 Å². The molecule has 2 amide bonds. The number of thiol groups is 1. The molecular weight excluding hydrogens is 208 g/mol. The quantitative estimate of drug-likeness (QED) is 0.634. The minimum atomic E-state index is -0.559. The first-order valence-electron chi connectivity index (χ1n) is 3.43. The van der Waals surface area contributed by atoms with Crippen LogP contribution in [-0.2, 0) is 4.79 Å². The summed E-state index contributed by atoms with van der Waals surface area (Å²) < 4.78 is 0. The fraction of sp³-hybridized carbons (Fsp3) is 0.143. The molecule has 4 nitrogen and oxygen atoms in total. The van der Waals surface area contributed by atoms with E-state index in [1.165, 1.54) is 11.3 Å². The molecule has 0 aliphatic carbocycles. The third kappa shape index (κ3) is 3.08. The second-order valence-electron chi connectivity index (χ2n) is 2.32. The van der Waals surface area contributed by atoms with Gasteiger partial charge in [-0.1, -0.05) is 0 Å². The topological polar surface area (TPSA) is 72.2 Å². The highest BCUT2D eigenvalue weighted by atomic mass is 32.1. The van der Waals surface area contributed by atoms with Gasteiger partial charge in [0.1, 0.15) is 0 Å². The van der Waals surface area contributed by atoms with Gasteiger partial charge in [0.05, 0.1) is 11.4 Å². The zero-order valence-corrected chi connectivity index (χ0v) is 8.32. The third-order valence-corrected chi connectivity index (χ3v) is 2.59. The molecule has 13 heavy (non-hydrogen) atoms. The van der Waals surface area contributed by atoms with E-state index < -0.39 is 5.91 Å². The Morgan fingerprint density at radius 3 is 2.77 bits per heavy atom. The molecule has 0 radical (unpaired) electrons. The average Bonchev–Trinajstić information content (AvgIpc) is 2.47. The first kappa shape index (κ1) is 10.1. The lowest BCUT2D eigenvalue weighted by atomic mass is 10.4. The van der Waals surface area contributed by atoms with Gasteiger partial charge in [-0.15, -0.1) is 24.0 Å². The highest BCUT2D eigenvalue weighted by molar-refractivity contribution is 7.80. The largest absolute Gasteiger partial charge is 0.368 e. The van der Waals surface area contributed by atoms with E-state index in [1.807, 2.05) is 0 Å². The van der Waals surface area contributed by atoms with Crippen LogP contribution in [0.25, 0.3) is 0 Å². The van der Waals surface area contributed by atoms with Gasteiger partial charge in [0.15, 0.2) is 0 Å². The number of carbonyl (C=O) groups is 2. The van der Waals surface area contributed by atoms with Gasteiger partial charge in [-0.3, -0.25) is 9.59 Å². The summed E-state index contributed by atoms with van der Waals surface area (Å²) in [5.74, 6) is -0.861. The van der Waals surface area contributed by atoms with E-state index in [9.17, 15) is 9.59 Å². The van der Waals surface area contributed by atoms with Crippen molar-refractivity contribution in [2.24, 2.45) is 5.73 Å². The van der Waals surface area contributed by atoms with Crippen molar-refractivity contribution >= 4 is 35.8 Å². The monoisotopic (exact) mass is 216 g/mol. The van der Waals surface area contributed by atoms with Crippen molar-refractivity contribution in [3.63, 3.8) is 0 Å². The number of hydrogen-bond acceptors (Lipinski definition) is 4. The molecule has 1 aromatic heterocycles. The zero-order chi connectivity index (χ0) is 9.84. The Bertz CT molecular complexity index is 335. The maximum Gasteiger partial charge on any atom is 0.261 e. The Balaban J connectivity index is 2.54.